The van der Waals surface area contributed by atoms with Gasteiger partial charge in [-0.1, -0.05) is 17.7 Å². The average molecular weight is 486 g/mol. The minimum Gasteiger partial charge on any atom is -0.396 e. The van der Waals surface area contributed by atoms with Crippen molar-refractivity contribution < 1.29 is 14.6 Å². The summed E-state index contributed by atoms with van der Waals surface area (Å²) in [6.45, 7) is 3.30. The highest BCUT2D eigenvalue weighted by molar-refractivity contribution is 5.95. The van der Waals surface area contributed by atoms with Gasteiger partial charge in [0.1, 0.15) is 0 Å². The van der Waals surface area contributed by atoms with Gasteiger partial charge in [0.15, 0.2) is 0 Å². The Morgan fingerprint density at radius 1 is 1.08 bits per heavy atom. The molecule has 1 aliphatic carbocycles. The summed E-state index contributed by atoms with van der Waals surface area (Å²) in [7, 11) is 0. The Morgan fingerprint density at radius 2 is 1.92 bits per heavy atom. The van der Waals surface area contributed by atoms with Crippen molar-refractivity contribution in [1.82, 2.24) is 20.3 Å². The fourth-order valence-electron chi connectivity index (χ4n) is 4.64. The second-order valence-corrected chi connectivity index (χ2v) is 9.08. The summed E-state index contributed by atoms with van der Waals surface area (Å²) in [4.78, 5) is 29.0. The number of nitrogens with zero attached hydrogens (tertiary/aromatic N) is 4. The first-order valence-electron chi connectivity index (χ1n) is 12.5. The molecule has 36 heavy (non-hydrogen) atoms. The minimum atomic E-state index is -0.152. The van der Waals surface area contributed by atoms with Crippen molar-refractivity contribution in [1.29, 1.82) is 0 Å². The maximum atomic E-state index is 12.7. The third-order valence-corrected chi connectivity index (χ3v) is 6.56. The molecule has 1 saturated heterocycles. The highest BCUT2D eigenvalue weighted by Crippen LogP contribution is 2.34. The van der Waals surface area contributed by atoms with Crippen LogP contribution >= 0.6 is 0 Å². The number of fused-ring (bicyclic) bond motifs is 1. The highest BCUT2D eigenvalue weighted by atomic mass is 16.5. The smallest absolute Gasteiger partial charge is 0.251 e. The molecular formula is C28H31N5O3. The molecule has 0 radical (unpaired) electrons. The summed E-state index contributed by atoms with van der Waals surface area (Å²) >= 11 is 0. The number of rotatable bonds is 8. The van der Waals surface area contributed by atoms with Crippen LogP contribution in [0.2, 0.25) is 0 Å². The number of aliphatic hydroxyl groups is 1. The second kappa shape index (κ2) is 11.4. The molecule has 1 fully saturated rings. The first-order chi connectivity index (χ1) is 17.7. The van der Waals surface area contributed by atoms with Crippen molar-refractivity contribution in [2.24, 2.45) is 0 Å². The Kier molecular flexibility index (Phi) is 7.64. The van der Waals surface area contributed by atoms with E-state index in [0.29, 0.717) is 37.7 Å². The van der Waals surface area contributed by atoms with Gasteiger partial charge in [0.05, 0.1) is 24.6 Å². The summed E-state index contributed by atoms with van der Waals surface area (Å²) in [5, 5.41) is 11.9. The zero-order chi connectivity index (χ0) is 24.7. The van der Waals surface area contributed by atoms with Crippen molar-refractivity contribution in [3.8, 4) is 11.3 Å². The van der Waals surface area contributed by atoms with E-state index in [4.69, 9.17) is 19.8 Å². The van der Waals surface area contributed by atoms with Crippen LogP contribution in [-0.4, -0.2) is 65.4 Å². The van der Waals surface area contributed by atoms with E-state index >= 15 is 0 Å². The Morgan fingerprint density at radius 3 is 2.72 bits per heavy atom. The van der Waals surface area contributed by atoms with Gasteiger partial charge in [0.25, 0.3) is 5.91 Å². The second-order valence-electron chi connectivity index (χ2n) is 9.08. The molecule has 3 aromatic rings. The number of amides is 1. The molecule has 2 N–H and O–H groups in total. The number of anilines is 1. The van der Waals surface area contributed by atoms with Gasteiger partial charge in [-0.15, -0.1) is 0 Å². The van der Waals surface area contributed by atoms with Gasteiger partial charge in [-0.2, -0.15) is 0 Å². The number of morpholine rings is 1. The van der Waals surface area contributed by atoms with Gasteiger partial charge in [0.2, 0.25) is 5.95 Å². The Balaban J connectivity index is 1.51. The lowest BCUT2D eigenvalue weighted by atomic mass is 9.89. The first kappa shape index (κ1) is 24.1. The molecule has 0 bridgehead atoms. The van der Waals surface area contributed by atoms with E-state index in [1.54, 1.807) is 6.07 Å². The van der Waals surface area contributed by atoms with E-state index < -0.39 is 0 Å². The van der Waals surface area contributed by atoms with E-state index in [-0.39, 0.29) is 12.5 Å². The van der Waals surface area contributed by atoms with E-state index in [1.165, 1.54) is 11.1 Å². The number of carbonyl (C=O) groups is 1. The van der Waals surface area contributed by atoms with Crippen LogP contribution in [0.5, 0.6) is 0 Å². The standard InChI is InChI=1S/C28H31N5O3/c34-14-2-9-30-27(35)23-4-1-3-22(19-23)26-24-6-5-21(17-20-7-10-29-11-8-20)18-25(24)31-28(32-26)33-12-15-36-16-13-33/h1,3-4,7-8,10-11,18-19,34H,2,5-6,9,12-17H2,(H,30,35). The number of nitrogens with one attached hydrogen (secondary N) is 1. The Labute approximate surface area is 211 Å². The van der Waals surface area contributed by atoms with Crippen molar-refractivity contribution in [3.05, 3.63) is 76.7 Å². The topological polar surface area (TPSA) is 100 Å². The maximum absolute atomic E-state index is 12.7. The third kappa shape index (κ3) is 5.61. The predicted octanol–water partition coefficient (Wildman–Crippen LogP) is 3.06. The fourth-order valence-corrected chi connectivity index (χ4v) is 4.64. The third-order valence-electron chi connectivity index (χ3n) is 6.56. The lowest BCUT2D eigenvalue weighted by Gasteiger charge is -2.29. The van der Waals surface area contributed by atoms with Crippen LogP contribution in [0.15, 0.2) is 54.4 Å². The van der Waals surface area contributed by atoms with Crippen molar-refractivity contribution in [3.63, 3.8) is 0 Å². The summed E-state index contributed by atoms with van der Waals surface area (Å²) < 4.78 is 5.54. The number of hydrogen-bond acceptors (Lipinski definition) is 7. The number of carbonyl (C=O) groups excluding carboxylic acids is 1. The molecule has 186 valence electrons. The fraction of sp³-hybridized carbons (Fsp3) is 0.357. The Bertz CT molecular complexity index is 1240. The molecule has 0 unspecified atom stereocenters. The molecule has 1 aliphatic heterocycles. The Hall–Kier alpha value is -3.62. The van der Waals surface area contributed by atoms with Crippen LogP contribution in [0.4, 0.5) is 5.95 Å². The molecule has 8 heteroatoms. The van der Waals surface area contributed by atoms with Gasteiger partial charge in [-0.25, -0.2) is 9.97 Å². The lowest BCUT2D eigenvalue weighted by Crippen LogP contribution is -2.37. The number of ether oxygens (including phenoxy) is 1. The number of aromatic nitrogens is 3. The summed E-state index contributed by atoms with van der Waals surface area (Å²) in [5.74, 6) is 0.549. The molecule has 8 nitrogen and oxygen atoms in total. The molecule has 1 amide bonds. The van der Waals surface area contributed by atoms with Gasteiger partial charge in [-0.3, -0.25) is 9.78 Å². The van der Waals surface area contributed by atoms with E-state index in [1.807, 2.05) is 30.6 Å². The van der Waals surface area contributed by atoms with E-state index in [9.17, 15) is 4.79 Å². The van der Waals surface area contributed by atoms with Crippen LogP contribution in [0.3, 0.4) is 0 Å². The highest BCUT2D eigenvalue weighted by Gasteiger charge is 2.23. The van der Waals surface area contributed by atoms with Gasteiger partial charge in [-0.05, 0) is 61.6 Å². The van der Waals surface area contributed by atoms with E-state index in [0.717, 1.165) is 54.9 Å². The van der Waals surface area contributed by atoms with Crippen molar-refractivity contribution in [2.75, 3.05) is 44.4 Å². The molecule has 0 saturated carbocycles. The number of hydrogen-bond donors (Lipinski definition) is 2. The molecule has 0 atom stereocenters. The molecule has 5 rings (SSSR count). The largest absolute Gasteiger partial charge is 0.396 e. The summed E-state index contributed by atoms with van der Waals surface area (Å²) in [6.07, 6.45) is 9.05. The number of pyridine rings is 1. The van der Waals surface area contributed by atoms with Crippen molar-refractivity contribution >= 4 is 17.9 Å². The molecule has 2 aromatic heterocycles. The SMILES string of the molecule is O=C(NCCCO)c1cccc(-c2nc(N3CCOCC3)nc3c2CCC(Cc2ccncc2)=C3)c1. The maximum Gasteiger partial charge on any atom is 0.251 e. The lowest BCUT2D eigenvalue weighted by molar-refractivity contribution is 0.0951. The van der Waals surface area contributed by atoms with Gasteiger partial charge in [0, 0.05) is 55.3 Å². The zero-order valence-electron chi connectivity index (χ0n) is 20.3. The van der Waals surface area contributed by atoms with Gasteiger partial charge < -0.3 is 20.1 Å². The minimum absolute atomic E-state index is 0.0500. The van der Waals surface area contributed by atoms with Crippen LogP contribution < -0.4 is 10.2 Å². The molecular weight excluding hydrogens is 454 g/mol. The van der Waals surface area contributed by atoms with Crippen LogP contribution in [-0.2, 0) is 17.6 Å². The number of benzene rings is 1. The van der Waals surface area contributed by atoms with Crippen LogP contribution in [0.1, 0.15) is 40.0 Å². The molecule has 3 heterocycles. The van der Waals surface area contributed by atoms with Crippen LogP contribution in [0, 0.1) is 0 Å². The monoisotopic (exact) mass is 485 g/mol. The molecule has 2 aliphatic rings. The molecule has 1 aromatic carbocycles. The predicted molar refractivity (Wildman–Crippen MR) is 139 cm³/mol. The zero-order valence-corrected chi connectivity index (χ0v) is 20.3. The first-order valence-corrected chi connectivity index (χ1v) is 12.5. The summed E-state index contributed by atoms with van der Waals surface area (Å²) in [6, 6.07) is 11.7. The van der Waals surface area contributed by atoms with E-state index in [2.05, 4.69) is 33.4 Å². The molecule has 0 spiro atoms. The average Bonchev–Trinajstić information content (AvgIpc) is 2.93. The quantitative estimate of drug-likeness (QED) is 0.473. The number of aliphatic hydroxyl groups excluding tert-OH is 1. The number of allylic oxidation sites excluding steroid dienone is 1. The van der Waals surface area contributed by atoms with Gasteiger partial charge >= 0.3 is 0 Å². The normalized spacial score (nSPS) is 15.2. The van der Waals surface area contributed by atoms with Crippen LogP contribution in [0.25, 0.3) is 17.3 Å². The summed E-state index contributed by atoms with van der Waals surface area (Å²) in [5.41, 5.74) is 7.01. The van der Waals surface area contributed by atoms with Crippen molar-refractivity contribution in [2.45, 2.75) is 25.7 Å².